The fraction of sp³-hybridized carbons (Fsp3) is 0.316. The minimum Gasteiger partial charge on any atom is -0.496 e. The van der Waals surface area contributed by atoms with Crippen LogP contribution in [-0.2, 0) is 11.4 Å². The molecule has 2 N–H and O–H groups in total. The molecular weight excluding hydrogens is 290 g/mol. The van der Waals surface area contributed by atoms with Crippen LogP contribution in [0.2, 0.25) is 0 Å². The molecule has 0 aliphatic heterocycles. The highest BCUT2D eigenvalue weighted by Gasteiger charge is 2.15. The van der Waals surface area contributed by atoms with E-state index in [1.807, 2.05) is 50.2 Å². The molecular formula is C19H23NO3. The number of ether oxygens (including phenoxy) is 1. The molecule has 0 radical (unpaired) electrons. The summed E-state index contributed by atoms with van der Waals surface area (Å²) in [5.74, 6) is 0.792. The van der Waals surface area contributed by atoms with Gasteiger partial charge in [-0.1, -0.05) is 37.3 Å². The first-order chi connectivity index (χ1) is 11.0. The SMILES string of the molecule is COc1ccccc1C(C)CC(=O)Nc1cc(CO)ccc1C. The highest BCUT2D eigenvalue weighted by Crippen LogP contribution is 2.29. The van der Waals surface area contributed by atoms with Crippen molar-refractivity contribution >= 4 is 11.6 Å². The molecule has 0 bridgehead atoms. The molecule has 0 aliphatic carbocycles. The van der Waals surface area contributed by atoms with Crippen LogP contribution >= 0.6 is 0 Å². The van der Waals surface area contributed by atoms with Crippen LogP contribution in [0.25, 0.3) is 0 Å². The van der Waals surface area contributed by atoms with Crippen LogP contribution in [0.1, 0.15) is 36.0 Å². The first-order valence-corrected chi connectivity index (χ1v) is 7.68. The Bertz CT molecular complexity index is 682. The number of carbonyl (C=O) groups is 1. The van der Waals surface area contributed by atoms with Gasteiger partial charge in [-0.25, -0.2) is 0 Å². The van der Waals surface area contributed by atoms with Crippen LogP contribution in [0.4, 0.5) is 5.69 Å². The van der Waals surface area contributed by atoms with E-state index in [2.05, 4.69) is 5.32 Å². The molecule has 122 valence electrons. The van der Waals surface area contributed by atoms with Crippen molar-refractivity contribution in [3.8, 4) is 5.75 Å². The number of amides is 1. The van der Waals surface area contributed by atoms with E-state index < -0.39 is 0 Å². The Balaban J connectivity index is 2.07. The Labute approximate surface area is 137 Å². The zero-order valence-electron chi connectivity index (χ0n) is 13.8. The average Bonchev–Trinajstić information content (AvgIpc) is 2.56. The number of carbonyl (C=O) groups excluding carboxylic acids is 1. The second kappa shape index (κ2) is 7.79. The molecule has 4 nitrogen and oxygen atoms in total. The van der Waals surface area contributed by atoms with Crippen molar-refractivity contribution < 1.29 is 14.6 Å². The lowest BCUT2D eigenvalue weighted by Crippen LogP contribution is -2.15. The van der Waals surface area contributed by atoms with Gasteiger partial charge in [0.15, 0.2) is 0 Å². The number of nitrogens with one attached hydrogen (secondary N) is 1. The molecule has 4 heteroatoms. The zero-order valence-corrected chi connectivity index (χ0v) is 13.8. The number of para-hydroxylation sites is 1. The topological polar surface area (TPSA) is 58.6 Å². The number of hydrogen-bond acceptors (Lipinski definition) is 3. The summed E-state index contributed by atoms with van der Waals surface area (Å²) in [4.78, 5) is 12.3. The smallest absolute Gasteiger partial charge is 0.224 e. The van der Waals surface area contributed by atoms with Crippen molar-refractivity contribution in [1.29, 1.82) is 0 Å². The standard InChI is InChI=1S/C19H23NO3/c1-13-8-9-15(12-21)11-17(13)20-19(22)10-14(2)16-6-4-5-7-18(16)23-3/h4-9,11,14,21H,10,12H2,1-3H3,(H,20,22). The number of aliphatic hydroxyl groups excluding tert-OH is 1. The van der Waals surface area contributed by atoms with E-state index in [0.717, 1.165) is 28.1 Å². The van der Waals surface area contributed by atoms with E-state index in [-0.39, 0.29) is 18.4 Å². The summed E-state index contributed by atoms with van der Waals surface area (Å²) in [5.41, 5.74) is 3.52. The molecule has 0 aliphatic rings. The lowest BCUT2D eigenvalue weighted by molar-refractivity contribution is -0.116. The van der Waals surface area contributed by atoms with E-state index in [1.54, 1.807) is 13.2 Å². The fourth-order valence-corrected chi connectivity index (χ4v) is 2.57. The summed E-state index contributed by atoms with van der Waals surface area (Å²) in [7, 11) is 1.63. The molecule has 0 heterocycles. The van der Waals surface area contributed by atoms with Gasteiger partial charge in [0, 0.05) is 12.1 Å². The van der Waals surface area contributed by atoms with Crippen LogP contribution in [-0.4, -0.2) is 18.1 Å². The number of hydrogen-bond donors (Lipinski definition) is 2. The molecule has 23 heavy (non-hydrogen) atoms. The molecule has 2 rings (SSSR count). The third-order valence-electron chi connectivity index (χ3n) is 3.92. The third-order valence-corrected chi connectivity index (χ3v) is 3.92. The molecule has 2 aromatic carbocycles. The largest absolute Gasteiger partial charge is 0.496 e. The van der Waals surface area contributed by atoms with E-state index in [4.69, 9.17) is 4.74 Å². The second-order valence-corrected chi connectivity index (χ2v) is 5.70. The summed E-state index contributed by atoms with van der Waals surface area (Å²) in [5, 5.41) is 12.1. The van der Waals surface area contributed by atoms with Gasteiger partial charge >= 0.3 is 0 Å². The van der Waals surface area contributed by atoms with Crippen molar-refractivity contribution in [2.24, 2.45) is 0 Å². The van der Waals surface area contributed by atoms with Gasteiger partial charge in [-0.05, 0) is 41.7 Å². The Kier molecular flexibility index (Phi) is 5.77. The maximum absolute atomic E-state index is 12.3. The Morgan fingerprint density at radius 3 is 2.70 bits per heavy atom. The van der Waals surface area contributed by atoms with Gasteiger partial charge in [-0.3, -0.25) is 4.79 Å². The van der Waals surface area contributed by atoms with Crippen molar-refractivity contribution in [3.63, 3.8) is 0 Å². The molecule has 1 unspecified atom stereocenters. The molecule has 0 fully saturated rings. The van der Waals surface area contributed by atoms with Crippen molar-refractivity contribution in [2.45, 2.75) is 32.8 Å². The Morgan fingerprint density at radius 2 is 2.00 bits per heavy atom. The number of aryl methyl sites for hydroxylation is 1. The lowest BCUT2D eigenvalue weighted by Gasteiger charge is -2.16. The average molecular weight is 313 g/mol. The van der Waals surface area contributed by atoms with Crippen LogP contribution in [0.5, 0.6) is 5.75 Å². The van der Waals surface area contributed by atoms with E-state index in [1.165, 1.54) is 0 Å². The van der Waals surface area contributed by atoms with Gasteiger partial charge in [-0.2, -0.15) is 0 Å². The van der Waals surface area contributed by atoms with Crippen LogP contribution in [0.15, 0.2) is 42.5 Å². The monoisotopic (exact) mass is 313 g/mol. The lowest BCUT2D eigenvalue weighted by atomic mass is 9.96. The molecule has 0 spiro atoms. The van der Waals surface area contributed by atoms with Crippen LogP contribution in [0, 0.1) is 6.92 Å². The quantitative estimate of drug-likeness (QED) is 0.856. The first-order valence-electron chi connectivity index (χ1n) is 7.68. The molecule has 1 amide bonds. The number of rotatable bonds is 6. The summed E-state index contributed by atoms with van der Waals surface area (Å²) < 4.78 is 5.36. The second-order valence-electron chi connectivity index (χ2n) is 5.70. The Morgan fingerprint density at radius 1 is 1.26 bits per heavy atom. The highest BCUT2D eigenvalue weighted by atomic mass is 16.5. The molecule has 0 saturated heterocycles. The number of anilines is 1. The molecule has 0 aromatic heterocycles. The van der Waals surface area contributed by atoms with Crippen LogP contribution in [0.3, 0.4) is 0 Å². The van der Waals surface area contributed by atoms with Crippen molar-refractivity contribution in [1.82, 2.24) is 0 Å². The first kappa shape index (κ1) is 17.0. The van der Waals surface area contributed by atoms with Gasteiger partial charge in [0.2, 0.25) is 5.91 Å². The van der Waals surface area contributed by atoms with Gasteiger partial charge < -0.3 is 15.2 Å². The predicted molar refractivity (Wildman–Crippen MR) is 91.8 cm³/mol. The van der Waals surface area contributed by atoms with Crippen molar-refractivity contribution in [3.05, 3.63) is 59.2 Å². The maximum atomic E-state index is 12.3. The fourth-order valence-electron chi connectivity index (χ4n) is 2.57. The van der Waals surface area contributed by atoms with Gasteiger partial charge in [0.25, 0.3) is 0 Å². The zero-order chi connectivity index (χ0) is 16.8. The highest BCUT2D eigenvalue weighted by molar-refractivity contribution is 5.92. The summed E-state index contributed by atoms with van der Waals surface area (Å²) in [6.07, 6.45) is 0.364. The maximum Gasteiger partial charge on any atom is 0.224 e. The summed E-state index contributed by atoms with van der Waals surface area (Å²) >= 11 is 0. The summed E-state index contributed by atoms with van der Waals surface area (Å²) in [6, 6.07) is 13.3. The normalized spacial score (nSPS) is 11.8. The summed E-state index contributed by atoms with van der Waals surface area (Å²) in [6.45, 7) is 3.90. The Hall–Kier alpha value is -2.33. The van der Waals surface area contributed by atoms with E-state index in [9.17, 15) is 9.90 Å². The van der Waals surface area contributed by atoms with Gasteiger partial charge in [0.05, 0.1) is 13.7 Å². The number of methoxy groups -OCH3 is 1. The van der Waals surface area contributed by atoms with E-state index in [0.29, 0.717) is 6.42 Å². The number of aliphatic hydroxyl groups is 1. The predicted octanol–water partition coefficient (Wildman–Crippen LogP) is 3.63. The van der Waals surface area contributed by atoms with Gasteiger partial charge in [-0.15, -0.1) is 0 Å². The van der Waals surface area contributed by atoms with Gasteiger partial charge in [0.1, 0.15) is 5.75 Å². The molecule has 2 aromatic rings. The van der Waals surface area contributed by atoms with E-state index >= 15 is 0 Å². The molecule has 0 saturated carbocycles. The minimum atomic E-state index is -0.0541. The third kappa shape index (κ3) is 4.33. The van der Waals surface area contributed by atoms with Crippen molar-refractivity contribution in [2.75, 3.05) is 12.4 Å². The number of benzene rings is 2. The minimum absolute atomic E-state index is 0.0409. The van der Waals surface area contributed by atoms with Crippen LogP contribution < -0.4 is 10.1 Å². The molecule has 1 atom stereocenters.